The van der Waals surface area contributed by atoms with E-state index in [-0.39, 0.29) is 6.09 Å². The van der Waals surface area contributed by atoms with Gasteiger partial charge in [0.05, 0.1) is 6.04 Å². The van der Waals surface area contributed by atoms with Gasteiger partial charge in [-0.1, -0.05) is 30.3 Å². The molecule has 4 heteroatoms. The van der Waals surface area contributed by atoms with Crippen molar-refractivity contribution in [3.8, 4) is 0 Å². The Balaban J connectivity index is 1.51. The number of carbonyl (C=O) groups is 1. The Bertz CT molecular complexity index is 407. The Hall–Kier alpha value is -1.55. The molecule has 1 aromatic carbocycles. The summed E-state index contributed by atoms with van der Waals surface area (Å²) in [5.74, 6) is 0.638. The standard InChI is InChI=1S/C13H16N2O2/c16-13(15-8-11-6-14-7-12(11)15)17-9-10-4-2-1-3-5-10/h1-5,11-12,14H,6-9H2/t11-,12+/m1/s1. The molecule has 2 fully saturated rings. The van der Waals surface area contributed by atoms with Gasteiger partial charge in [0.15, 0.2) is 0 Å². The number of benzene rings is 1. The number of rotatable bonds is 2. The van der Waals surface area contributed by atoms with E-state index in [2.05, 4.69) is 5.32 Å². The quantitative estimate of drug-likeness (QED) is 0.833. The van der Waals surface area contributed by atoms with Crippen molar-refractivity contribution in [3.05, 3.63) is 35.9 Å². The molecule has 2 heterocycles. The fourth-order valence-electron chi connectivity index (χ4n) is 2.53. The van der Waals surface area contributed by atoms with Crippen molar-refractivity contribution in [1.82, 2.24) is 10.2 Å². The third kappa shape index (κ3) is 2.00. The summed E-state index contributed by atoms with van der Waals surface area (Å²) in [5, 5.41) is 3.29. The van der Waals surface area contributed by atoms with E-state index < -0.39 is 0 Å². The van der Waals surface area contributed by atoms with Crippen LogP contribution < -0.4 is 5.32 Å². The fraction of sp³-hybridized carbons (Fsp3) is 0.462. The maximum Gasteiger partial charge on any atom is 0.410 e. The molecule has 0 saturated carbocycles. The van der Waals surface area contributed by atoms with Crippen LogP contribution in [0.15, 0.2) is 30.3 Å². The molecule has 17 heavy (non-hydrogen) atoms. The molecule has 0 bridgehead atoms. The number of ether oxygens (including phenoxy) is 1. The highest BCUT2D eigenvalue weighted by atomic mass is 16.6. The molecule has 90 valence electrons. The molecule has 1 amide bonds. The molecule has 1 N–H and O–H groups in total. The lowest BCUT2D eigenvalue weighted by atomic mass is 9.93. The van der Waals surface area contributed by atoms with E-state index in [1.165, 1.54) is 0 Å². The zero-order valence-electron chi connectivity index (χ0n) is 9.63. The van der Waals surface area contributed by atoms with Gasteiger partial charge in [-0.05, 0) is 5.56 Å². The van der Waals surface area contributed by atoms with E-state index in [1.807, 2.05) is 35.2 Å². The summed E-state index contributed by atoms with van der Waals surface area (Å²) >= 11 is 0. The Kier molecular flexibility index (Phi) is 2.73. The summed E-state index contributed by atoms with van der Waals surface area (Å²) in [6.45, 7) is 3.14. The van der Waals surface area contributed by atoms with Gasteiger partial charge in [0, 0.05) is 25.6 Å². The Morgan fingerprint density at radius 3 is 2.94 bits per heavy atom. The van der Waals surface area contributed by atoms with Crippen molar-refractivity contribution < 1.29 is 9.53 Å². The third-order valence-corrected chi connectivity index (χ3v) is 3.58. The maximum absolute atomic E-state index is 11.8. The second-order valence-electron chi connectivity index (χ2n) is 4.68. The van der Waals surface area contributed by atoms with E-state index in [1.54, 1.807) is 0 Å². The molecule has 2 atom stereocenters. The summed E-state index contributed by atoms with van der Waals surface area (Å²) in [7, 11) is 0. The SMILES string of the molecule is O=C(OCc1ccccc1)N1C[C@H]2CNC[C@@H]21. The third-order valence-electron chi connectivity index (χ3n) is 3.58. The molecule has 2 saturated heterocycles. The first-order chi connectivity index (χ1) is 8.34. The van der Waals surface area contributed by atoms with Crippen molar-refractivity contribution in [3.63, 3.8) is 0 Å². The second kappa shape index (κ2) is 4.37. The number of amides is 1. The van der Waals surface area contributed by atoms with E-state index in [4.69, 9.17) is 4.74 Å². The number of hydrogen-bond donors (Lipinski definition) is 1. The van der Waals surface area contributed by atoms with E-state index in [0.29, 0.717) is 18.6 Å². The van der Waals surface area contributed by atoms with Crippen LogP contribution in [0.2, 0.25) is 0 Å². The second-order valence-corrected chi connectivity index (χ2v) is 4.68. The number of nitrogens with zero attached hydrogens (tertiary/aromatic N) is 1. The van der Waals surface area contributed by atoms with Crippen LogP contribution in [-0.2, 0) is 11.3 Å². The van der Waals surface area contributed by atoms with Crippen LogP contribution in [0.4, 0.5) is 4.79 Å². The van der Waals surface area contributed by atoms with Gasteiger partial charge in [-0.3, -0.25) is 0 Å². The highest BCUT2D eigenvalue weighted by molar-refractivity contribution is 5.69. The number of likely N-dealkylation sites (tertiary alicyclic amines) is 1. The van der Waals surface area contributed by atoms with E-state index >= 15 is 0 Å². The first-order valence-electron chi connectivity index (χ1n) is 6.02. The Morgan fingerprint density at radius 1 is 1.35 bits per heavy atom. The minimum atomic E-state index is -0.182. The number of fused-ring (bicyclic) bond motifs is 1. The zero-order chi connectivity index (χ0) is 11.7. The fourth-order valence-corrected chi connectivity index (χ4v) is 2.53. The van der Waals surface area contributed by atoms with Crippen molar-refractivity contribution in [2.24, 2.45) is 5.92 Å². The lowest BCUT2D eigenvalue weighted by Crippen LogP contribution is -2.58. The average molecular weight is 232 g/mol. The lowest BCUT2D eigenvalue weighted by molar-refractivity contribution is 0.0248. The predicted molar refractivity (Wildman–Crippen MR) is 63.5 cm³/mol. The van der Waals surface area contributed by atoms with Crippen LogP contribution in [0.3, 0.4) is 0 Å². The van der Waals surface area contributed by atoms with Crippen LogP contribution >= 0.6 is 0 Å². The van der Waals surface area contributed by atoms with Crippen LogP contribution in [0.5, 0.6) is 0 Å². The van der Waals surface area contributed by atoms with Gasteiger partial charge in [-0.25, -0.2) is 4.79 Å². The van der Waals surface area contributed by atoms with Crippen molar-refractivity contribution in [2.45, 2.75) is 12.6 Å². The van der Waals surface area contributed by atoms with Crippen molar-refractivity contribution >= 4 is 6.09 Å². The molecule has 2 aliphatic rings. The summed E-state index contributed by atoms with van der Waals surface area (Å²) in [6, 6.07) is 10.1. The summed E-state index contributed by atoms with van der Waals surface area (Å²) < 4.78 is 5.30. The molecule has 4 nitrogen and oxygen atoms in total. The molecule has 0 unspecified atom stereocenters. The van der Waals surface area contributed by atoms with Gasteiger partial charge in [0.25, 0.3) is 0 Å². The molecule has 0 radical (unpaired) electrons. The normalized spacial score (nSPS) is 26.2. The monoisotopic (exact) mass is 232 g/mol. The average Bonchev–Trinajstić information content (AvgIpc) is 2.70. The van der Waals surface area contributed by atoms with E-state index in [0.717, 1.165) is 25.2 Å². The molecule has 2 aliphatic heterocycles. The van der Waals surface area contributed by atoms with Crippen LogP contribution in [-0.4, -0.2) is 36.7 Å². The number of nitrogens with one attached hydrogen (secondary N) is 1. The first-order valence-corrected chi connectivity index (χ1v) is 6.02. The lowest BCUT2D eigenvalue weighted by Gasteiger charge is -2.42. The van der Waals surface area contributed by atoms with Crippen LogP contribution in [0.1, 0.15) is 5.56 Å². The number of carbonyl (C=O) groups excluding carboxylic acids is 1. The zero-order valence-corrected chi connectivity index (χ0v) is 9.63. The summed E-state index contributed by atoms with van der Waals surface area (Å²) in [6.07, 6.45) is -0.182. The molecular weight excluding hydrogens is 216 g/mol. The van der Waals surface area contributed by atoms with Crippen molar-refractivity contribution in [1.29, 1.82) is 0 Å². The smallest absolute Gasteiger partial charge is 0.410 e. The molecule has 0 aliphatic carbocycles. The highest BCUT2D eigenvalue weighted by Crippen LogP contribution is 2.28. The van der Waals surface area contributed by atoms with Gasteiger partial charge < -0.3 is 15.0 Å². The highest BCUT2D eigenvalue weighted by Gasteiger charge is 2.45. The van der Waals surface area contributed by atoms with Gasteiger partial charge >= 0.3 is 6.09 Å². The Labute approximate surface area is 101 Å². The molecule has 0 aromatic heterocycles. The first kappa shape index (κ1) is 10.6. The van der Waals surface area contributed by atoms with Gasteiger partial charge in [0.1, 0.15) is 6.61 Å². The minimum Gasteiger partial charge on any atom is -0.445 e. The maximum atomic E-state index is 11.8. The molecule has 1 aromatic rings. The van der Waals surface area contributed by atoms with Gasteiger partial charge in [-0.2, -0.15) is 0 Å². The van der Waals surface area contributed by atoms with E-state index in [9.17, 15) is 4.79 Å². The summed E-state index contributed by atoms with van der Waals surface area (Å²) in [5.41, 5.74) is 1.03. The van der Waals surface area contributed by atoms with Gasteiger partial charge in [-0.15, -0.1) is 0 Å². The van der Waals surface area contributed by atoms with Crippen molar-refractivity contribution in [2.75, 3.05) is 19.6 Å². The molecule has 0 spiro atoms. The van der Waals surface area contributed by atoms with Crippen LogP contribution in [0, 0.1) is 5.92 Å². The molecule has 3 rings (SSSR count). The van der Waals surface area contributed by atoms with Crippen LogP contribution in [0.25, 0.3) is 0 Å². The number of hydrogen-bond acceptors (Lipinski definition) is 3. The minimum absolute atomic E-state index is 0.182. The predicted octanol–water partition coefficient (Wildman–Crippen LogP) is 1.23. The largest absolute Gasteiger partial charge is 0.445 e. The van der Waals surface area contributed by atoms with Gasteiger partial charge in [0.2, 0.25) is 0 Å². The topological polar surface area (TPSA) is 41.6 Å². The Morgan fingerprint density at radius 2 is 2.18 bits per heavy atom. The summed E-state index contributed by atoms with van der Waals surface area (Å²) in [4.78, 5) is 13.6. The molecular formula is C13H16N2O2.